The first kappa shape index (κ1) is 14.1. The zero-order chi connectivity index (χ0) is 14.8. The van der Waals surface area contributed by atoms with Gasteiger partial charge >= 0.3 is 5.97 Å². The molecule has 4 aliphatic rings. The van der Waals surface area contributed by atoms with Crippen molar-refractivity contribution < 1.29 is 9.90 Å². The van der Waals surface area contributed by atoms with Crippen molar-refractivity contribution >= 4 is 5.97 Å². The lowest BCUT2D eigenvalue weighted by atomic mass is 9.38. The van der Waals surface area contributed by atoms with E-state index in [0.29, 0.717) is 11.3 Å². The quantitative estimate of drug-likeness (QED) is 0.758. The van der Waals surface area contributed by atoms with Crippen molar-refractivity contribution in [1.82, 2.24) is 0 Å². The Kier molecular flexibility index (Phi) is 3.01. The highest BCUT2D eigenvalue weighted by molar-refractivity contribution is 5.72. The molecule has 4 saturated carbocycles. The van der Waals surface area contributed by atoms with Crippen LogP contribution in [0.4, 0.5) is 0 Å². The fourth-order valence-corrected chi connectivity index (χ4v) is 7.27. The number of fused-ring (bicyclic) bond motifs is 5. The predicted molar refractivity (Wildman–Crippen MR) is 82.9 cm³/mol. The van der Waals surface area contributed by atoms with Gasteiger partial charge in [-0.15, -0.1) is 0 Å². The van der Waals surface area contributed by atoms with Crippen LogP contribution >= 0.6 is 0 Å². The number of carboxylic acid groups (broad SMARTS) is 1. The van der Waals surface area contributed by atoms with Crippen LogP contribution in [-0.2, 0) is 4.79 Å². The number of carboxylic acids is 1. The third kappa shape index (κ3) is 1.74. The van der Waals surface area contributed by atoms with E-state index < -0.39 is 5.97 Å². The van der Waals surface area contributed by atoms with Crippen molar-refractivity contribution in [3.8, 4) is 0 Å². The summed E-state index contributed by atoms with van der Waals surface area (Å²) < 4.78 is 0. The van der Waals surface area contributed by atoms with Gasteiger partial charge in [0.1, 0.15) is 0 Å². The molecule has 2 heteroatoms. The Labute approximate surface area is 128 Å². The zero-order valence-electron chi connectivity index (χ0n) is 13.6. The van der Waals surface area contributed by atoms with Gasteiger partial charge in [0, 0.05) is 0 Å². The molecule has 7 unspecified atom stereocenters. The molecule has 0 heterocycles. The third-order valence-corrected chi connectivity index (χ3v) is 8.60. The van der Waals surface area contributed by atoms with Crippen LogP contribution in [0.1, 0.15) is 71.6 Å². The minimum atomic E-state index is -0.537. The average Bonchev–Trinajstić information content (AvgIpc) is 2.42. The van der Waals surface area contributed by atoms with E-state index in [-0.39, 0.29) is 11.3 Å². The van der Waals surface area contributed by atoms with Crippen LogP contribution < -0.4 is 0 Å². The zero-order valence-corrected chi connectivity index (χ0v) is 13.6. The topological polar surface area (TPSA) is 37.3 Å². The molecule has 7 atom stereocenters. The highest BCUT2D eigenvalue weighted by atomic mass is 16.4. The Morgan fingerprint density at radius 3 is 2.52 bits per heavy atom. The molecule has 118 valence electrons. The number of aliphatic carboxylic acids is 1. The van der Waals surface area contributed by atoms with E-state index in [4.69, 9.17) is 0 Å². The summed E-state index contributed by atoms with van der Waals surface area (Å²) in [4.78, 5) is 11.5. The Morgan fingerprint density at radius 2 is 1.76 bits per heavy atom. The van der Waals surface area contributed by atoms with E-state index in [1.54, 1.807) is 0 Å². The maximum Gasteiger partial charge on any atom is 0.307 e. The van der Waals surface area contributed by atoms with Crippen LogP contribution in [0, 0.1) is 40.4 Å². The average molecular weight is 290 g/mol. The molecule has 4 rings (SSSR count). The monoisotopic (exact) mass is 290 g/mol. The van der Waals surface area contributed by atoms with Gasteiger partial charge in [-0.25, -0.2) is 0 Å². The number of rotatable bonds is 1. The maximum atomic E-state index is 11.5. The van der Waals surface area contributed by atoms with Crippen LogP contribution in [0.15, 0.2) is 0 Å². The second-order valence-corrected chi connectivity index (χ2v) is 9.07. The van der Waals surface area contributed by atoms with Gasteiger partial charge in [-0.05, 0) is 79.4 Å². The maximum absolute atomic E-state index is 11.5. The molecular formula is C19H30O2. The summed E-state index contributed by atoms with van der Waals surface area (Å²) in [7, 11) is 0. The van der Waals surface area contributed by atoms with E-state index >= 15 is 0 Å². The van der Waals surface area contributed by atoms with Crippen molar-refractivity contribution in [3.63, 3.8) is 0 Å². The van der Waals surface area contributed by atoms with Crippen LogP contribution in [0.5, 0.6) is 0 Å². The summed E-state index contributed by atoms with van der Waals surface area (Å²) in [5, 5.41) is 9.47. The van der Waals surface area contributed by atoms with Crippen molar-refractivity contribution in [2.75, 3.05) is 0 Å². The summed E-state index contributed by atoms with van der Waals surface area (Å²) in [6, 6.07) is 0. The molecule has 0 aromatic heterocycles. The number of carbonyl (C=O) groups is 1. The first-order valence-corrected chi connectivity index (χ1v) is 9.19. The first-order chi connectivity index (χ1) is 9.97. The second kappa shape index (κ2) is 4.49. The van der Waals surface area contributed by atoms with Gasteiger partial charge in [-0.2, -0.15) is 0 Å². The van der Waals surface area contributed by atoms with E-state index in [2.05, 4.69) is 13.8 Å². The first-order valence-electron chi connectivity index (χ1n) is 9.19. The Hall–Kier alpha value is -0.530. The van der Waals surface area contributed by atoms with Crippen molar-refractivity contribution in [1.29, 1.82) is 0 Å². The molecule has 0 radical (unpaired) electrons. The van der Waals surface area contributed by atoms with Gasteiger partial charge in [-0.1, -0.05) is 26.7 Å². The van der Waals surface area contributed by atoms with Crippen LogP contribution in [0.25, 0.3) is 0 Å². The molecule has 0 aromatic rings. The van der Waals surface area contributed by atoms with Crippen molar-refractivity contribution in [3.05, 3.63) is 0 Å². The molecule has 0 amide bonds. The predicted octanol–water partition coefficient (Wildman–Crippen LogP) is 4.73. The molecular weight excluding hydrogens is 260 g/mol. The molecule has 0 bridgehead atoms. The fourth-order valence-electron chi connectivity index (χ4n) is 7.27. The number of hydrogen-bond acceptors (Lipinski definition) is 1. The summed E-state index contributed by atoms with van der Waals surface area (Å²) in [5.41, 5.74) is 0.696. The summed E-state index contributed by atoms with van der Waals surface area (Å²) in [6.45, 7) is 4.87. The molecule has 0 aliphatic heterocycles. The second-order valence-electron chi connectivity index (χ2n) is 9.07. The molecule has 2 nitrogen and oxygen atoms in total. The van der Waals surface area contributed by atoms with Crippen molar-refractivity contribution in [2.24, 2.45) is 40.4 Å². The largest absolute Gasteiger partial charge is 0.481 e. The fraction of sp³-hybridized carbons (Fsp3) is 0.947. The SMILES string of the molecule is CC12CCCCC1CCC1C2CCC2(C)C(C(=O)O)CC12. The normalized spacial score (nSPS) is 55.6. The van der Waals surface area contributed by atoms with Gasteiger partial charge in [0.2, 0.25) is 0 Å². The smallest absolute Gasteiger partial charge is 0.307 e. The molecule has 0 spiro atoms. The summed E-state index contributed by atoms with van der Waals surface area (Å²) >= 11 is 0. The van der Waals surface area contributed by atoms with Gasteiger partial charge in [0.25, 0.3) is 0 Å². The van der Waals surface area contributed by atoms with E-state index in [1.807, 2.05) is 0 Å². The van der Waals surface area contributed by atoms with Gasteiger partial charge in [0.15, 0.2) is 0 Å². The molecule has 21 heavy (non-hydrogen) atoms. The molecule has 4 fully saturated rings. The molecule has 0 saturated heterocycles. The highest BCUT2D eigenvalue weighted by Gasteiger charge is 2.64. The third-order valence-electron chi connectivity index (χ3n) is 8.60. The van der Waals surface area contributed by atoms with Crippen molar-refractivity contribution in [2.45, 2.75) is 71.6 Å². The van der Waals surface area contributed by atoms with Gasteiger partial charge < -0.3 is 5.11 Å². The number of hydrogen-bond donors (Lipinski definition) is 1. The van der Waals surface area contributed by atoms with Gasteiger partial charge in [0.05, 0.1) is 5.92 Å². The van der Waals surface area contributed by atoms with E-state index in [1.165, 1.54) is 44.9 Å². The van der Waals surface area contributed by atoms with Crippen LogP contribution in [0.2, 0.25) is 0 Å². The van der Waals surface area contributed by atoms with E-state index in [0.717, 1.165) is 30.6 Å². The highest BCUT2D eigenvalue weighted by Crippen LogP contribution is 2.69. The summed E-state index contributed by atoms with van der Waals surface area (Å²) in [6.07, 6.45) is 12.0. The lowest BCUT2D eigenvalue weighted by molar-refractivity contribution is -0.197. The van der Waals surface area contributed by atoms with Crippen LogP contribution in [0.3, 0.4) is 0 Å². The molecule has 0 aromatic carbocycles. The minimum absolute atomic E-state index is 0.0552. The Balaban J connectivity index is 1.60. The molecule has 1 N–H and O–H groups in total. The standard InChI is InChI=1S/C19H30O2/c1-18-9-4-3-5-12(18)6-7-13-14(18)8-10-19(2)15(13)11-16(19)17(20)21/h12-16H,3-11H2,1-2H3,(H,20,21). The summed E-state index contributed by atoms with van der Waals surface area (Å²) in [5.74, 6) is 2.80. The Morgan fingerprint density at radius 1 is 0.952 bits per heavy atom. The lowest BCUT2D eigenvalue weighted by Gasteiger charge is -2.66. The lowest BCUT2D eigenvalue weighted by Crippen LogP contribution is -2.61. The molecule has 4 aliphatic carbocycles. The minimum Gasteiger partial charge on any atom is -0.481 e. The van der Waals surface area contributed by atoms with Gasteiger partial charge in [-0.3, -0.25) is 4.79 Å². The van der Waals surface area contributed by atoms with E-state index in [9.17, 15) is 9.90 Å². The van der Waals surface area contributed by atoms with Crippen LogP contribution in [-0.4, -0.2) is 11.1 Å². The Bertz CT molecular complexity index is 458.